The molecule has 0 bridgehead atoms. The van der Waals surface area contributed by atoms with E-state index in [0.29, 0.717) is 11.0 Å². The standard InChI is InChI=1S/C42H56O2/c1-4-5-6-7-8-15-20-33-22-24-38-36-23-21-34-30-35(25-27-42(34,3)39(36)26-28-41(33,38)2)44-40(43)37(32-18-13-10-14-19-32)29-31-16-11-9-12-17-31/h9-14,16-19,21,29,33,35-36,38-39H,4-8,15,20,22-28,30H2,1-3H3/b37-29+/t33-,35+,36-,38-,39-,41-,42+/m1/s1. The number of fused-ring (bicyclic) bond motifs is 5. The van der Waals surface area contributed by atoms with Gasteiger partial charge in [0.2, 0.25) is 0 Å². The summed E-state index contributed by atoms with van der Waals surface area (Å²) in [7, 11) is 0. The maximum Gasteiger partial charge on any atom is 0.339 e. The highest BCUT2D eigenvalue weighted by Crippen LogP contribution is 2.66. The molecule has 2 heteroatoms. The summed E-state index contributed by atoms with van der Waals surface area (Å²) in [6.07, 6.45) is 24.5. The van der Waals surface area contributed by atoms with Gasteiger partial charge in [0, 0.05) is 6.42 Å². The van der Waals surface area contributed by atoms with Crippen molar-refractivity contribution in [3.8, 4) is 0 Å². The van der Waals surface area contributed by atoms with Gasteiger partial charge in [-0.1, -0.05) is 132 Å². The van der Waals surface area contributed by atoms with Crippen LogP contribution in [0, 0.1) is 34.5 Å². The topological polar surface area (TPSA) is 26.3 Å². The van der Waals surface area contributed by atoms with Crippen LogP contribution in [0.25, 0.3) is 11.6 Å². The van der Waals surface area contributed by atoms with Crippen molar-refractivity contribution in [3.63, 3.8) is 0 Å². The minimum atomic E-state index is -0.196. The summed E-state index contributed by atoms with van der Waals surface area (Å²) in [5.74, 6) is 3.28. The Kier molecular flexibility index (Phi) is 9.84. The fourth-order valence-electron chi connectivity index (χ4n) is 10.3. The third-order valence-corrected chi connectivity index (χ3v) is 12.9. The van der Waals surface area contributed by atoms with Crippen molar-refractivity contribution in [1.82, 2.24) is 0 Å². The van der Waals surface area contributed by atoms with Crippen molar-refractivity contribution in [3.05, 3.63) is 83.4 Å². The number of hydrogen-bond acceptors (Lipinski definition) is 2. The SMILES string of the molecule is CCCCCCCC[C@@H]1CC[C@@H]2[C@H]3CC=C4C[C@@H](OC(=O)/C(=C/c5ccccc5)c5ccccc5)CC[C@]4(C)[C@@H]3CC[C@]12C. The highest BCUT2D eigenvalue weighted by atomic mass is 16.5. The molecule has 3 saturated carbocycles. The average molecular weight is 593 g/mol. The van der Waals surface area contributed by atoms with Crippen LogP contribution in [0.4, 0.5) is 0 Å². The van der Waals surface area contributed by atoms with Crippen LogP contribution in [-0.4, -0.2) is 12.1 Å². The molecule has 0 N–H and O–H groups in total. The number of allylic oxidation sites excluding steroid dienone is 1. The number of rotatable bonds is 11. The molecule has 0 unspecified atom stereocenters. The van der Waals surface area contributed by atoms with Gasteiger partial charge in [-0.05, 0) is 103 Å². The molecule has 2 nitrogen and oxygen atoms in total. The average Bonchev–Trinajstić information content (AvgIpc) is 3.38. The molecule has 0 radical (unpaired) electrons. The van der Waals surface area contributed by atoms with Crippen LogP contribution in [0.2, 0.25) is 0 Å². The Labute approximate surface area is 267 Å². The molecule has 0 saturated heterocycles. The van der Waals surface area contributed by atoms with Gasteiger partial charge < -0.3 is 4.74 Å². The predicted octanol–water partition coefficient (Wildman–Crippen LogP) is 11.5. The highest BCUT2D eigenvalue weighted by Gasteiger charge is 2.58. The molecule has 236 valence electrons. The zero-order valence-electron chi connectivity index (χ0n) is 27.7. The molecule has 44 heavy (non-hydrogen) atoms. The lowest BCUT2D eigenvalue weighted by Crippen LogP contribution is -2.50. The number of benzene rings is 2. The minimum absolute atomic E-state index is 0.0386. The number of carbonyl (C=O) groups excluding carboxylic acids is 1. The van der Waals surface area contributed by atoms with Crippen molar-refractivity contribution in [2.75, 3.05) is 0 Å². The molecule has 4 aliphatic carbocycles. The molecule has 0 aromatic heterocycles. The van der Waals surface area contributed by atoms with E-state index in [1.54, 1.807) is 5.57 Å². The van der Waals surface area contributed by atoms with E-state index >= 15 is 0 Å². The summed E-state index contributed by atoms with van der Waals surface area (Å²) < 4.78 is 6.33. The van der Waals surface area contributed by atoms with E-state index in [0.717, 1.165) is 54.1 Å². The van der Waals surface area contributed by atoms with Crippen molar-refractivity contribution < 1.29 is 9.53 Å². The Hall–Kier alpha value is -2.61. The largest absolute Gasteiger partial charge is 0.458 e. The Balaban J connectivity index is 1.11. The molecule has 2 aromatic rings. The van der Waals surface area contributed by atoms with E-state index < -0.39 is 0 Å². The molecule has 3 fully saturated rings. The van der Waals surface area contributed by atoms with Crippen molar-refractivity contribution in [1.29, 1.82) is 0 Å². The first-order chi connectivity index (χ1) is 21.4. The van der Waals surface area contributed by atoms with Crippen LogP contribution in [0.5, 0.6) is 0 Å². The normalized spacial score (nSPS) is 33.1. The summed E-state index contributed by atoms with van der Waals surface area (Å²) in [4.78, 5) is 13.7. The Morgan fingerprint density at radius 1 is 0.841 bits per heavy atom. The van der Waals surface area contributed by atoms with Gasteiger partial charge in [-0.2, -0.15) is 0 Å². The molecular weight excluding hydrogens is 536 g/mol. The molecular formula is C42H56O2. The second kappa shape index (κ2) is 13.8. The third kappa shape index (κ3) is 6.38. The summed E-state index contributed by atoms with van der Waals surface area (Å²) >= 11 is 0. The molecule has 0 aliphatic heterocycles. The van der Waals surface area contributed by atoms with E-state index in [4.69, 9.17) is 4.74 Å². The summed E-state index contributed by atoms with van der Waals surface area (Å²) in [5.41, 5.74) is 4.99. The first kappa shape index (κ1) is 31.4. The molecule has 6 rings (SSSR count). The van der Waals surface area contributed by atoms with E-state index in [9.17, 15) is 4.79 Å². The van der Waals surface area contributed by atoms with Crippen LogP contribution in [0.1, 0.15) is 128 Å². The zero-order valence-corrected chi connectivity index (χ0v) is 27.7. The number of carbonyl (C=O) groups is 1. The second-order valence-corrected chi connectivity index (χ2v) is 15.2. The van der Waals surface area contributed by atoms with Gasteiger partial charge in [0.15, 0.2) is 0 Å². The lowest BCUT2D eigenvalue weighted by molar-refractivity contribution is -0.144. The van der Waals surface area contributed by atoms with Crippen molar-refractivity contribution in [2.45, 2.75) is 123 Å². The van der Waals surface area contributed by atoms with Crippen molar-refractivity contribution >= 4 is 17.6 Å². The predicted molar refractivity (Wildman–Crippen MR) is 184 cm³/mol. The minimum Gasteiger partial charge on any atom is -0.458 e. The molecule has 2 aromatic carbocycles. The van der Waals surface area contributed by atoms with Gasteiger partial charge in [0.25, 0.3) is 0 Å². The Bertz CT molecular complexity index is 1310. The number of unbranched alkanes of at least 4 members (excludes halogenated alkanes) is 5. The maximum absolute atomic E-state index is 13.7. The van der Waals surface area contributed by atoms with Gasteiger partial charge >= 0.3 is 5.97 Å². The van der Waals surface area contributed by atoms with Crippen LogP contribution < -0.4 is 0 Å². The Morgan fingerprint density at radius 2 is 1.57 bits per heavy atom. The van der Waals surface area contributed by atoms with Crippen LogP contribution >= 0.6 is 0 Å². The number of hydrogen-bond donors (Lipinski definition) is 0. The monoisotopic (exact) mass is 592 g/mol. The van der Waals surface area contributed by atoms with Crippen LogP contribution in [-0.2, 0) is 9.53 Å². The van der Waals surface area contributed by atoms with Gasteiger partial charge in [-0.25, -0.2) is 4.79 Å². The summed E-state index contributed by atoms with van der Waals surface area (Å²) in [6.45, 7) is 7.57. The third-order valence-electron chi connectivity index (χ3n) is 12.9. The Morgan fingerprint density at radius 3 is 2.34 bits per heavy atom. The summed E-state index contributed by atoms with van der Waals surface area (Å²) in [5, 5.41) is 0. The van der Waals surface area contributed by atoms with E-state index in [1.807, 2.05) is 66.7 Å². The summed E-state index contributed by atoms with van der Waals surface area (Å²) in [6, 6.07) is 20.1. The molecule has 7 atom stereocenters. The maximum atomic E-state index is 13.7. The van der Waals surface area contributed by atoms with Gasteiger partial charge in [-0.3, -0.25) is 0 Å². The lowest BCUT2D eigenvalue weighted by Gasteiger charge is -2.58. The van der Waals surface area contributed by atoms with E-state index in [2.05, 4.69) is 26.8 Å². The fraction of sp³-hybridized carbons (Fsp3) is 0.595. The molecule has 4 aliphatic rings. The number of esters is 1. The van der Waals surface area contributed by atoms with Gasteiger partial charge in [0.1, 0.15) is 6.10 Å². The smallest absolute Gasteiger partial charge is 0.339 e. The zero-order chi connectivity index (χ0) is 30.6. The van der Waals surface area contributed by atoms with Gasteiger partial charge in [-0.15, -0.1) is 0 Å². The van der Waals surface area contributed by atoms with Crippen LogP contribution in [0.3, 0.4) is 0 Å². The number of ether oxygens (including phenoxy) is 1. The molecule has 0 heterocycles. The van der Waals surface area contributed by atoms with E-state index in [-0.39, 0.29) is 17.5 Å². The van der Waals surface area contributed by atoms with Gasteiger partial charge in [0.05, 0.1) is 5.57 Å². The lowest BCUT2D eigenvalue weighted by atomic mass is 9.47. The quantitative estimate of drug-likeness (QED) is 0.0853. The molecule has 0 amide bonds. The van der Waals surface area contributed by atoms with E-state index in [1.165, 1.54) is 77.0 Å². The van der Waals surface area contributed by atoms with Crippen LogP contribution in [0.15, 0.2) is 72.3 Å². The first-order valence-electron chi connectivity index (χ1n) is 18.1. The molecule has 0 spiro atoms. The van der Waals surface area contributed by atoms with Crippen molar-refractivity contribution in [2.24, 2.45) is 34.5 Å². The fourth-order valence-corrected chi connectivity index (χ4v) is 10.3. The first-order valence-corrected chi connectivity index (χ1v) is 18.1. The highest BCUT2D eigenvalue weighted by molar-refractivity contribution is 6.21. The second-order valence-electron chi connectivity index (χ2n) is 15.2.